The summed E-state index contributed by atoms with van der Waals surface area (Å²) in [5, 5.41) is 0. The molecule has 0 radical (unpaired) electrons. The van der Waals surface area contributed by atoms with E-state index in [0.717, 1.165) is 39.7 Å². The van der Waals surface area contributed by atoms with Crippen LogP contribution in [0, 0.1) is 6.92 Å². The number of aryl methyl sites for hydroxylation is 1. The summed E-state index contributed by atoms with van der Waals surface area (Å²) in [6, 6.07) is 8.39. The molecule has 6 heteroatoms. The van der Waals surface area contributed by atoms with Crippen LogP contribution in [0.15, 0.2) is 38.2 Å². The number of aromatic nitrogens is 1. The third-order valence-corrected chi connectivity index (χ3v) is 5.40. The second-order valence-electron chi connectivity index (χ2n) is 6.26. The van der Waals surface area contributed by atoms with Crippen molar-refractivity contribution in [1.29, 1.82) is 0 Å². The molecule has 1 aromatic carbocycles. The van der Waals surface area contributed by atoms with Gasteiger partial charge in [0.25, 0.3) is 0 Å². The first-order valence-corrected chi connectivity index (χ1v) is 9.90. The van der Waals surface area contributed by atoms with E-state index < -0.39 is 0 Å². The van der Waals surface area contributed by atoms with Crippen molar-refractivity contribution in [3.05, 3.63) is 50.0 Å². The Labute approximate surface area is 165 Å². The molecule has 4 nitrogen and oxygen atoms in total. The topological polar surface area (TPSA) is 37.7 Å². The molecule has 0 bridgehead atoms. The Hall–Kier alpha value is -1.40. The largest absolute Gasteiger partial charge is 0.473 e. The number of ether oxygens (including phenoxy) is 1. The Bertz CT molecular complexity index is 807. The van der Waals surface area contributed by atoms with Crippen LogP contribution in [0.5, 0.6) is 5.88 Å². The maximum absolute atomic E-state index is 6.18. The summed E-state index contributed by atoms with van der Waals surface area (Å²) in [5.74, 6) is 0.636. The normalized spacial score (nSPS) is 16.3. The van der Waals surface area contributed by atoms with Crippen LogP contribution in [0.1, 0.15) is 23.7 Å². The molecule has 0 amide bonds. The Balaban J connectivity index is 1.74. The minimum Gasteiger partial charge on any atom is -0.473 e. The lowest BCUT2D eigenvalue weighted by atomic mass is 10.1. The highest BCUT2D eigenvalue weighted by atomic mass is 79.9. The molecule has 1 atom stereocenters. The Morgan fingerprint density at radius 2 is 2.04 bits per heavy atom. The fourth-order valence-electron chi connectivity index (χ4n) is 2.79. The molecule has 1 aromatic heterocycles. The smallest absolute Gasteiger partial charge is 0.228 e. The number of nitrogens with zero attached hydrogens (tertiary/aromatic N) is 3. The summed E-state index contributed by atoms with van der Waals surface area (Å²) >= 11 is 7.11. The first kappa shape index (κ1) is 18.4. The summed E-state index contributed by atoms with van der Waals surface area (Å²) in [7, 11) is 1.99. The first-order chi connectivity index (χ1) is 12.0. The van der Waals surface area contributed by atoms with Crippen LogP contribution in [0.4, 0.5) is 5.69 Å². The van der Waals surface area contributed by atoms with Gasteiger partial charge in [-0.15, -0.1) is 0 Å². The standard InChI is InChI=1S/C19H21Br2N3O/c1-4-24(3)11-22-18-10-17(21)19(23-12(18)2)25-16-8-13-5-6-15(20)7-14(13)9-16/h5-7,10-11,16H,4,8-9H2,1-3H3/b22-11+. The molecule has 132 valence electrons. The molecule has 0 saturated heterocycles. The molecule has 0 N–H and O–H groups in total. The van der Waals surface area contributed by atoms with Crippen molar-refractivity contribution in [1.82, 2.24) is 9.88 Å². The average molecular weight is 467 g/mol. The van der Waals surface area contributed by atoms with Crippen LogP contribution in [-0.2, 0) is 12.8 Å². The van der Waals surface area contributed by atoms with Gasteiger partial charge in [-0.1, -0.05) is 22.0 Å². The van der Waals surface area contributed by atoms with Crippen LogP contribution in [-0.4, -0.2) is 35.9 Å². The van der Waals surface area contributed by atoms with E-state index in [1.807, 2.05) is 31.3 Å². The number of hydrogen-bond acceptors (Lipinski definition) is 3. The molecule has 3 rings (SSSR count). The van der Waals surface area contributed by atoms with Gasteiger partial charge in [0.05, 0.1) is 22.2 Å². The molecule has 0 spiro atoms. The number of pyridine rings is 1. The Kier molecular flexibility index (Phi) is 5.79. The number of halogens is 2. The van der Waals surface area contributed by atoms with Crippen molar-refractivity contribution < 1.29 is 4.74 Å². The second-order valence-corrected chi connectivity index (χ2v) is 8.03. The molecular weight excluding hydrogens is 446 g/mol. The van der Waals surface area contributed by atoms with Crippen LogP contribution >= 0.6 is 31.9 Å². The van der Waals surface area contributed by atoms with E-state index in [0.29, 0.717) is 5.88 Å². The molecular formula is C19H21Br2N3O. The number of aliphatic imine (C=N–C) groups is 1. The zero-order chi connectivity index (χ0) is 18.0. The lowest BCUT2D eigenvalue weighted by Crippen LogP contribution is -2.17. The van der Waals surface area contributed by atoms with E-state index in [2.05, 4.69) is 67.0 Å². The van der Waals surface area contributed by atoms with E-state index in [9.17, 15) is 0 Å². The van der Waals surface area contributed by atoms with Gasteiger partial charge in [0, 0.05) is 30.9 Å². The molecule has 0 aliphatic heterocycles. The van der Waals surface area contributed by atoms with Gasteiger partial charge in [0.1, 0.15) is 6.10 Å². The summed E-state index contributed by atoms with van der Waals surface area (Å²) in [6.45, 7) is 4.96. The van der Waals surface area contributed by atoms with Gasteiger partial charge in [-0.2, -0.15) is 0 Å². The van der Waals surface area contributed by atoms with Gasteiger partial charge in [0.2, 0.25) is 5.88 Å². The molecule has 1 aliphatic rings. The van der Waals surface area contributed by atoms with Gasteiger partial charge in [0.15, 0.2) is 0 Å². The van der Waals surface area contributed by atoms with Crippen LogP contribution in [0.25, 0.3) is 0 Å². The average Bonchev–Trinajstić information content (AvgIpc) is 2.97. The van der Waals surface area contributed by atoms with E-state index in [1.54, 1.807) is 0 Å². The molecule has 1 heterocycles. The lowest BCUT2D eigenvalue weighted by Gasteiger charge is -2.15. The zero-order valence-electron chi connectivity index (χ0n) is 14.6. The third-order valence-electron chi connectivity index (χ3n) is 4.34. The SMILES string of the molecule is CCN(C)/C=N/c1cc(Br)c(OC2Cc3ccc(Br)cc3C2)nc1C. The Morgan fingerprint density at radius 1 is 1.28 bits per heavy atom. The zero-order valence-corrected chi connectivity index (χ0v) is 17.8. The van der Waals surface area contributed by atoms with Crippen LogP contribution < -0.4 is 4.74 Å². The fourth-order valence-corrected chi connectivity index (χ4v) is 3.60. The van der Waals surface area contributed by atoms with Crippen molar-refractivity contribution >= 4 is 43.9 Å². The fraction of sp³-hybridized carbons (Fsp3) is 0.368. The maximum atomic E-state index is 6.18. The number of hydrogen-bond donors (Lipinski definition) is 0. The minimum atomic E-state index is 0.119. The van der Waals surface area contributed by atoms with Crippen molar-refractivity contribution in [2.75, 3.05) is 13.6 Å². The van der Waals surface area contributed by atoms with Crippen LogP contribution in [0.2, 0.25) is 0 Å². The number of rotatable bonds is 5. The first-order valence-electron chi connectivity index (χ1n) is 8.31. The van der Waals surface area contributed by atoms with Gasteiger partial charge < -0.3 is 9.64 Å². The molecule has 1 unspecified atom stereocenters. The summed E-state index contributed by atoms with van der Waals surface area (Å²) in [4.78, 5) is 11.1. The molecule has 2 aromatic rings. The number of benzene rings is 1. The van der Waals surface area contributed by atoms with Crippen LogP contribution in [0.3, 0.4) is 0 Å². The highest BCUT2D eigenvalue weighted by molar-refractivity contribution is 9.10. The predicted molar refractivity (Wildman–Crippen MR) is 109 cm³/mol. The summed E-state index contributed by atoms with van der Waals surface area (Å²) < 4.78 is 8.12. The van der Waals surface area contributed by atoms with E-state index in [4.69, 9.17) is 4.74 Å². The van der Waals surface area contributed by atoms with E-state index >= 15 is 0 Å². The van der Waals surface area contributed by atoms with E-state index in [1.165, 1.54) is 11.1 Å². The van der Waals surface area contributed by atoms with Crippen molar-refractivity contribution in [2.24, 2.45) is 4.99 Å². The maximum Gasteiger partial charge on any atom is 0.228 e. The molecule has 0 saturated carbocycles. The van der Waals surface area contributed by atoms with Gasteiger partial charge in [-0.25, -0.2) is 9.98 Å². The highest BCUT2D eigenvalue weighted by Gasteiger charge is 2.24. The molecule has 0 fully saturated rings. The quantitative estimate of drug-likeness (QED) is 0.455. The van der Waals surface area contributed by atoms with Gasteiger partial charge in [-0.05, 0) is 59.1 Å². The molecule has 1 aliphatic carbocycles. The van der Waals surface area contributed by atoms with Crippen molar-refractivity contribution in [2.45, 2.75) is 32.8 Å². The van der Waals surface area contributed by atoms with Crippen molar-refractivity contribution in [3.63, 3.8) is 0 Å². The minimum absolute atomic E-state index is 0.119. The van der Waals surface area contributed by atoms with Gasteiger partial charge >= 0.3 is 0 Å². The third kappa shape index (κ3) is 4.42. The summed E-state index contributed by atoms with van der Waals surface area (Å²) in [5.41, 5.74) is 4.40. The predicted octanol–water partition coefficient (Wildman–Crippen LogP) is 5.07. The Morgan fingerprint density at radius 3 is 2.80 bits per heavy atom. The second kappa shape index (κ2) is 7.87. The number of fused-ring (bicyclic) bond motifs is 1. The highest BCUT2D eigenvalue weighted by Crippen LogP contribution is 2.33. The lowest BCUT2D eigenvalue weighted by molar-refractivity contribution is 0.203. The summed E-state index contributed by atoms with van der Waals surface area (Å²) in [6.07, 6.45) is 3.76. The monoisotopic (exact) mass is 465 g/mol. The van der Waals surface area contributed by atoms with E-state index in [-0.39, 0.29) is 6.10 Å². The van der Waals surface area contributed by atoms with Gasteiger partial charge in [-0.3, -0.25) is 0 Å². The van der Waals surface area contributed by atoms with Crippen molar-refractivity contribution in [3.8, 4) is 5.88 Å². The molecule has 25 heavy (non-hydrogen) atoms.